The normalized spacial score (nSPS) is 10.3. The number of imidazole rings is 1. The average Bonchev–Trinajstić information content (AvgIpc) is 2.82. The molecule has 7 heteroatoms. The van der Waals surface area contributed by atoms with Crippen molar-refractivity contribution in [3.8, 4) is 0 Å². The van der Waals surface area contributed by atoms with Crippen LogP contribution in [0.2, 0.25) is 0 Å². The molecule has 0 aromatic carbocycles. The number of pyridine rings is 1. The number of aryl methyl sites for hydroxylation is 1. The summed E-state index contributed by atoms with van der Waals surface area (Å²) in [7, 11) is 3.36. The van der Waals surface area contributed by atoms with Crippen LogP contribution in [-0.2, 0) is 13.6 Å². The molecule has 0 aliphatic carbocycles. The highest BCUT2D eigenvalue weighted by Crippen LogP contribution is 2.14. The third-order valence-electron chi connectivity index (χ3n) is 2.70. The summed E-state index contributed by atoms with van der Waals surface area (Å²) < 4.78 is 15.6. The lowest BCUT2D eigenvalue weighted by molar-refractivity contribution is 0.0945. The number of nitrogens with zero attached hydrogens (tertiary/aromatic N) is 3. The first-order valence-corrected chi connectivity index (χ1v) is 5.70. The minimum Gasteiger partial charge on any atom is -0.371 e. The molecule has 2 heterocycles. The Balaban J connectivity index is 2.10. The number of amides is 1. The molecule has 2 rings (SSSR count). The molecule has 100 valence electrons. The van der Waals surface area contributed by atoms with Crippen LogP contribution in [-0.4, -0.2) is 27.5 Å². The van der Waals surface area contributed by atoms with Gasteiger partial charge in [0.15, 0.2) is 11.6 Å². The Morgan fingerprint density at radius 2 is 2.21 bits per heavy atom. The van der Waals surface area contributed by atoms with Crippen molar-refractivity contribution in [2.24, 2.45) is 7.05 Å². The van der Waals surface area contributed by atoms with Crippen LogP contribution < -0.4 is 10.6 Å². The highest BCUT2D eigenvalue weighted by atomic mass is 19.1. The quantitative estimate of drug-likeness (QED) is 0.860. The molecular formula is C12H14FN5O. The maximum absolute atomic E-state index is 13.9. The van der Waals surface area contributed by atoms with Crippen molar-refractivity contribution >= 4 is 11.7 Å². The van der Waals surface area contributed by atoms with E-state index in [0.717, 1.165) is 0 Å². The summed E-state index contributed by atoms with van der Waals surface area (Å²) in [5.41, 5.74) is -0.0476. The van der Waals surface area contributed by atoms with Gasteiger partial charge in [-0.05, 0) is 6.07 Å². The van der Waals surface area contributed by atoms with Gasteiger partial charge >= 0.3 is 0 Å². The number of nitrogens with one attached hydrogen (secondary N) is 2. The standard InChI is InChI=1S/C12H14FN5O/c1-14-11-10(13)8(3-4-16-11)12(19)17-7-9-15-5-6-18(9)2/h3-6H,7H2,1-2H3,(H,14,16)(H,17,19). The molecule has 2 N–H and O–H groups in total. The summed E-state index contributed by atoms with van der Waals surface area (Å²) in [4.78, 5) is 19.7. The number of hydrogen-bond acceptors (Lipinski definition) is 4. The third kappa shape index (κ3) is 2.70. The Morgan fingerprint density at radius 3 is 2.84 bits per heavy atom. The lowest BCUT2D eigenvalue weighted by Crippen LogP contribution is -2.25. The fourth-order valence-electron chi connectivity index (χ4n) is 1.61. The van der Waals surface area contributed by atoms with Gasteiger partial charge < -0.3 is 15.2 Å². The minimum absolute atomic E-state index is 0.0460. The molecule has 0 bridgehead atoms. The fraction of sp³-hybridized carbons (Fsp3) is 0.250. The van der Waals surface area contributed by atoms with E-state index in [2.05, 4.69) is 20.6 Å². The second-order valence-corrected chi connectivity index (χ2v) is 3.91. The molecule has 0 aliphatic rings. The predicted molar refractivity (Wildman–Crippen MR) is 68.1 cm³/mol. The molecule has 0 spiro atoms. The molecule has 0 aliphatic heterocycles. The van der Waals surface area contributed by atoms with Gasteiger partial charge in [0.05, 0.1) is 12.1 Å². The SMILES string of the molecule is CNc1nccc(C(=O)NCc2nccn2C)c1F. The van der Waals surface area contributed by atoms with Crippen LogP contribution in [0.4, 0.5) is 10.2 Å². The summed E-state index contributed by atoms with van der Waals surface area (Å²) in [5, 5.41) is 5.20. The highest BCUT2D eigenvalue weighted by Gasteiger charge is 2.15. The Morgan fingerprint density at radius 1 is 1.42 bits per heavy atom. The number of carbonyl (C=O) groups is 1. The number of halogens is 1. The molecule has 0 atom stereocenters. The first kappa shape index (κ1) is 13.0. The molecule has 1 amide bonds. The first-order valence-electron chi connectivity index (χ1n) is 5.70. The van der Waals surface area contributed by atoms with E-state index in [0.29, 0.717) is 5.82 Å². The molecule has 0 saturated heterocycles. The number of aromatic nitrogens is 3. The van der Waals surface area contributed by atoms with E-state index in [9.17, 15) is 9.18 Å². The maximum Gasteiger partial charge on any atom is 0.254 e. The maximum atomic E-state index is 13.9. The summed E-state index contributed by atoms with van der Waals surface area (Å²) in [5.74, 6) is -0.428. The highest BCUT2D eigenvalue weighted by molar-refractivity contribution is 5.95. The van der Waals surface area contributed by atoms with Gasteiger partial charge in [-0.25, -0.2) is 14.4 Å². The van der Waals surface area contributed by atoms with E-state index in [1.54, 1.807) is 24.0 Å². The monoisotopic (exact) mass is 263 g/mol. The number of rotatable bonds is 4. The average molecular weight is 263 g/mol. The molecule has 0 saturated carbocycles. The molecule has 0 fully saturated rings. The first-order chi connectivity index (χ1) is 9.13. The van der Waals surface area contributed by atoms with E-state index in [4.69, 9.17) is 0 Å². The summed E-state index contributed by atoms with van der Waals surface area (Å²) >= 11 is 0. The molecule has 0 radical (unpaired) electrons. The van der Waals surface area contributed by atoms with E-state index >= 15 is 0 Å². The van der Waals surface area contributed by atoms with Gasteiger partial charge in [0.2, 0.25) is 0 Å². The number of anilines is 1. The van der Waals surface area contributed by atoms with Crippen LogP contribution in [0.15, 0.2) is 24.7 Å². The summed E-state index contributed by atoms with van der Waals surface area (Å²) in [6, 6.07) is 1.34. The molecule has 19 heavy (non-hydrogen) atoms. The summed E-state index contributed by atoms with van der Waals surface area (Å²) in [6.07, 6.45) is 4.78. The minimum atomic E-state index is -0.664. The van der Waals surface area contributed by atoms with E-state index in [1.807, 2.05) is 7.05 Å². The van der Waals surface area contributed by atoms with Crippen LogP contribution in [0.25, 0.3) is 0 Å². The van der Waals surface area contributed by atoms with Crippen molar-refractivity contribution in [3.63, 3.8) is 0 Å². The van der Waals surface area contributed by atoms with Gasteiger partial charge in [0.25, 0.3) is 5.91 Å². The largest absolute Gasteiger partial charge is 0.371 e. The van der Waals surface area contributed by atoms with Gasteiger partial charge in [0.1, 0.15) is 5.82 Å². The Bertz CT molecular complexity index is 596. The van der Waals surface area contributed by atoms with Crippen LogP contribution in [0, 0.1) is 5.82 Å². The van der Waals surface area contributed by atoms with Crippen molar-refractivity contribution in [2.75, 3.05) is 12.4 Å². The Kier molecular flexibility index (Phi) is 3.74. The van der Waals surface area contributed by atoms with E-state index in [-0.39, 0.29) is 17.9 Å². The zero-order chi connectivity index (χ0) is 13.8. The molecule has 2 aromatic heterocycles. The topological polar surface area (TPSA) is 71.8 Å². The smallest absolute Gasteiger partial charge is 0.254 e. The number of carbonyl (C=O) groups excluding carboxylic acids is 1. The van der Waals surface area contributed by atoms with Gasteiger partial charge in [0, 0.05) is 32.7 Å². The van der Waals surface area contributed by atoms with Crippen LogP contribution in [0.1, 0.15) is 16.2 Å². The molecule has 6 nitrogen and oxygen atoms in total. The zero-order valence-electron chi connectivity index (χ0n) is 10.6. The van der Waals surface area contributed by atoms with Gasteiger partial charge in [-0.2, -0.15) is 0 Å². The second-order valence-electron chi connectivity index (χ2n) is 3.91. The number of hydrogen-bond donors (Lipinski definition) is 2. The second kappa shape index (κ2) is 5.47. The van der Waals surface area contributed by atoms with Gasteiger partial charge in [-0.15, -0.1) is 0 Å². The molecule has 0 unspecified atom stereocenters. The van der Waals surface area contributed by atoms with Crippen molar-refractivity contribution < 1.29 is 9.18 Å². The Hall–Kier alpha value is -2.44. The van der Waals surface area contributed by atoms with Crippen molar-refractivity contribution in [1.82, 2.24) is 19.9 Å². The summed E-state index contributed by atoms with van der Waals surface area (Å²) in [6.45, 7) is 0.235. The van der Waals surface area contributed by atoms with Crippen LogP contribution >= 0.6 is 0 Å². The molecular weight excluding hydrogens is 249 g/mol. The predicted octanol–water partition coefficient (Wildman–Crippen LogP) is 0.926. The lowest BCUT2D eigenvalue weighted by atomic mass is 10.2. The lowest BCUT2D eigenvalue weighted by Gasteiger charge is -2.08. The van der Waals surface area contributed by atoms with Crippen molar-refractivity contribution in [1.29, 1.82) is 0 Å². The van der Waals surface area contributed by atoms with Crippen LogP contribution in [0.3, 0.4) is 0 Å². The van der Waals surface area contributed by atoms with E-state index in [1.165, 1.54) is 12.3 Å². The van der Waals surface area contributed by atoms with Gasteiger partial charge in [-0.1, -0.05) is 0 Å². The van der Waals surface area contributed by atoms with Crippen molar-refractivity contribution in [3.05, 3.63) is 41.9 Å². The van der Waals surface area contributed by atoms with Crippen molar-refractivity contribution in [2.45, 2.75) is 6.54 Å². The fourth-order valence-corrected chi connectivity index (χ4v) is 1.61. The van der Waals surface area contributed by atoms with Gasteiger partial charge in [-0.3, -0.25) is 4.79 Å². The Labute approximate surface area is 109 Å². The van der Waals surface area contributed by atoms with Crippen LogP contribution in [0.5, 0.6) is 0 Å². The molecule has 2 aromatic rings. The van der Waals surface area contributed by atoms with E-state index < -0.39 is 11.7 Å². The third-order valence-corrected chi connectivity index (χ3v) is 2.70. The zero-order valence-corrected chi connectivity index (χ0v) is 10.6.